The summed E-state index contributed by atoms with van der Waals surface area (Å²) < 4.78 is 16.3. The van der Waals surface area contributed by atoms with Crippen LogP contribution in [0.4, 0.5) is 0 Å². The Morgan fingerprint density at radius 3 is 2.58 bits per heavy atom. The molecule has 0 radical (unpaired) electrons. The summed E-state index contributed by atoms with van der Waals surface area (Å²) in [6, 6.07) is 17.3. The fourth-order valence-corrected chi connectivity index (χ4v) is 3.04. The van der Waals surface area contributed by atoms with Gasteiger partial charge < -0.3 is 14.2 Å². The van der Waals surface area contributed by atoms with E-state index in [1.165, 1.54) is 13.2 Å². The van der Waals surface area contributed by atoms with Gasteiger partial charge in [-0.2, -0.15) is 0 Å². The lowest BCUT2D eigenvalue weighted by atomic mass is 10.1. The third kappa shape index (κ3) is 3.75. The topological polar surface area (TPSA) is 44.8 Å². The Kier molecular flexibility index (Phi) is 5.64. The van der Waals surface area contributed by atoms with Gasteiger partial charge in [-0.25, -0.2) is 4.79 Å². The SMILES string of the molecule is CCOc1cc(C(=O)OC)cc(Cl)c1OCc1cccc2ccccc12. The van der Waals surface area contributed by atoms with Gasteiger partial charge in [0.25, 0.3) is 0 Å². The van der Waals surface area contributed by atoms with Gasteiger partial charge >= 0.3 is 5.97 Å². The van der Waals surface area contributed by atoms with Gasteiger partial charge in [0.05, 0.1) is 24.3 Å². The Morgan fingerprint density at radius 1 is 1.04 bits per heavy atom. The van der Waals surface area contributed by atoms with Crippen LogP contribution in [0.3, 0.4) is 0 Å². The Bertz CT molecular complexity index is 931. The van der Waals surface area contributed by atoms with Gasteiger partial charge in [-0.1, -0.05) is 54.1 Å². The van der Waals surface area contributed by atoms with Gasteiger partial charge in [0.1, 0.15) is 6.61 Å². The predicted octanol–water partition coefficient (Wildman–Crippen LogP) is 5.26. The fraction of sp³-hybridized carbons (Fsp3) is 0.190. The molecule has 5 heteroatoms. The number of fused-ring (bicyclic) bond motifs is 1. The van der Waals surface area contributed by atoms with E-state index in [1.807, 2.05) is 31.2 Å². The summed E-state index contributed by atoms with van der Waals surface area (Å²) in [6.07, 6.45) is 0. The van der Waals surface area contributed by atoms with Crippen molar-refractivity contribution in [2.24, 2.45) is 0 Å². The lowest BCUT2D eigenvalue weighted by Crippen LogP contribution is -2.05. The van der Waals surface area contributed by atoms with E-state index in [0.717, 1.165) is 16.3 Å². The van der Waals surface area contributed by atoms with Gasteiger partial charge in [-0.05, 0) is 35.4 Å². The lowest BCUT2D eigenvalue weighted by Gasteiger charge is -2.15. The molecule has 4 nitrogen and oxygen atoms in total. The molecule has 0 bridgehead atoms. The van der Waals surface area contributed by atoms with E-state index < -0.39 is 5.97 Å². The summed E-state index contributed by atoms with van der Waals surface area (Å²) in [5.74, 6) is 0.350. The van der Waals surface area contributed by atoms with Crippen molar-refractivity contribution < 1.29 is 19.0 Å². The summed E-state index contributed by atoms with van der Waals surface area (Å²) in [7, 11) is 1.32. The van der Waals surface area contributed by atoms with Crippen molar-refractivity contribution in [1.29, 1.82) is 0 Å². The van der Waals surface area contributed by atoms with E-state index >= 15 is 0 Å². The Hall–Kier alpha value is -2.72. The molecule has 0 aliphatic carbocycles. The zero-order chi connectivity index (χ0) is 18.5. The minimum absolute atomic E-state index is 0.302. The van der Waals surface area contributed by atoms with Crippen molar-refractivity contribution in [2.45, 2.75) is 13.5 Å². The summed E-state index contributed by atoms with van der Waals surface area (Å²) in [5, 5.41) is 2.57. The van der Waals surface area contributed by atoms with Gasteiger partial charge in [0, 0.05) is 0 Å². The van der Waals surface area contributed by atoms with Crippen LogP contribution in [-0.2, 0) is 11.3 Å². The largest absolute Gasteiger partial charge is 0.490 e. The fourth-order valence-electron chi connectivity index (χ4n) is 2.77. The second-order valence-electron chi connectivity index (χ2n) is 5.64. The maximum atomic E-state index is 11.8. The first kappa shape index (κ1) is 18.1. The number of rotatable bonds is 6. The van der Waals surface area contributed by atoms with E-state index in [4.69, 9.17) is 25.8 Å². The van der Waals surface area contributed by atoms with E-state index in [1.54, 1.807) is 6.07 Å². The molecule has 0 heterocycles. The van der Waals surface area contributed by atoms with Crippen LogP contribution in [0.1, 0.15) is 22.8 Å². The lowest BCUT2D eigenvalue weighted by molar-refractivity contribution is 0.0600. The van der Waals surface area contributed by atoms with E-state index in [0.29, 0.717) is 35.3 Å². The molecular weight excluding hydrogens is 352 g/mol. The minimum Gasteiger partial charge on any atom is -0.490 e. The van der Waals surface area contributed by atoms with Gasteiger partial charge in [0.2, 0.25) is 0 Å². The summed E-state index contributed by atoms with van der Waals surface area (Å²) >= 11 is 6.34. The van der Waals surface area contributed by atoms with E-state index in [2.05, 4.69) is 18.2 Å². The maximum Gasteiger partial charge on any atom is 0.338 e. The monoisotopic (exact) mass is 370 g/mol. The standard InChI is InChI=1S/C21H19ClO4/c1-3-25-19-12-16(21(23)24-2)11-18(22)20(19)26-13-15-9-6-8-14-7-4-5-10-17(14)15/h4-12H,3,13H2,1-2H3. The molecule has 3 aromatic rings. The molecule has 0 unspecified atom stereocenters. The first-order valence-corrected chi connectivity index (χ1v) is 8.66. The molecule has 134 valence electrons. The number of carbonyl (C=O) groups excluding carboxylic acids is 1. The molecular formula is C21H19ClO4. The molecule has 0 saturated heterocycles. The number of hydrogen-bond donors (Lipinski definition) is 0. The molecule has 0 spiro atoms. The van der Waals surface area contributed by atoms with Crippen molar-refractivity contribution in [3.05, 3.63) is 70.7 Å². The highest BCUT2D eigenvalue weighted by Gasteiger charge is 2.17. The number of ether oxygens (including phenoxy) is 3. The average Bonchev–Trinajstić information content (AvgIpc) is 2.66. The molecule has 3 rings (SSSR count). The number of methoxy groups -OCH3 is 1. The van der Waals surface area contributed by atoms with Gasteiger partial charge in [-0.3, -0.25) is 0 Å². The molecule has 0 amide bonds. The number of carbonyl (C=O) groups is 1. The van der Waals surface area contributed by atoms with Crippen molar-refractivity contribution in [3.63, 3.8) is 0 Å². The third-order valence-corrected chi connectivity index (χ3v) is 4.26. The summed E-state index contributed by atoms with van der Waals surface area (Å²) in [5.41, 5.74) is 1.36. The number of benzene rings is 3. The Balaban J connectivity index is 1.92. The van der Waals surface area contributed by atoms with E-state index in [9.17, 15) is 4.79 Å². The highest BCUT2D eigenvalue weighted by Crippen LogP contribution is 2.37. The van der Waals surface area contributed by atoms with Crippen molar-refractivity contribution in [2.75, 3.05) is 13.7 Å². The molecule has 0 N–H and O–H groups in total. The molecule has 0 aromatic heterocycles. The number of halogens is 1. The molecule has 0 fully saturated rings. The van der Waals surface area contributed by atoms with Crippen molar-refractivity contribution in [1.82, 2.24) is 0 Å². The zero-order valence-corrected chi connectivity index (χ0v) is 15.4. The first-order valence-electron chi connectivity index (χ1n) is 8.28. The number of hydrogen-bond acceptors (Lipinski definition) is 4. The first-order chi connectivity index (χ1) is 12.6. The molecule has 3 aromatic carbocycles. The summed E-state index contributed by atoms with van der Waals surface area (Å²) in [4.78, 5) is 11.8. The Labute approximate surface area is 157 Å². The van der Waals surface area contributed by atoms with Crippen LogP contribution in [0.5, 0.6) is 11.5 Å². The quantitative estimate of drug-likeness (QED) is 0.555. The molecule has 0 aliphatic heterocycles. The Morgan fingerprint density at radius 2 is 1.81 bits per heavy atom. The van der Waals surface area contributed by atoms with Crippen molar-refractivity contribution >= 4 is 28.3 Å². The smallest absolute Gasteiger partial charge is 0.338 e. The van der Waals surface area contributed by atoms with E-state index in [-0.39, 0.29) is 0 Å². The van der Waals surface area contributed by atoms with Crippen LogP contribution in [0.15, 0.2) is 54.6 Å². The van der Waals surface area contributed by atoms with Crippen LogP contribution >= 0.6 is 11.6 Å². The summed E-state index contributed by atoms with van der Waals surface area (Å²) in [6.45, 7) is 2.61. The molecule has 26 heavy (non-hydrogen) atoms. The van der Waals surface area contributed by atoms with Crippen LogP contribution in [0, 0.1) is 0 Å². The molecule has 0 atom stereocenters. The minimum atomic E-state index is -0.478. The van der Waals surface area contributed by atoms with Crippen molar-refractivity contribution in [3.8, 4) is 11.5 Å². The predicted molar refractivity (Wildman–Crippen MR) is 102 cm³/mol. The van der Waals surface area contributed by atoms with Crippen LogP contribution < -0.4 is 9.47 Å². The van der Waals surface area contributed by atoms with Crippen LogP contribution in [0.25, 0.3) is 10.8 Å². The average molecular weight is 371 g/mol. The second-order valence-corrected chi connectivity index (χ2v) is 6.04. The number of esters is 1. The molecule has 0 saturated carbocycles. The molecule has 0 aliphatic rings. The van der Waals surface area contributed by atoms with Crippen LogP contribution in [-0.4, -0.2) is 19.7 Å². The van der Waals surface area contributed by atoms with Gasteiger partial charge in [0.15, 0.2) is 11.5 Å². The van der Waals surface area contributed by atoms with Gasteiger partial charge in [-0.15, -0.1) is 0 Å². The normalized spacial score (nSPS) is 10.6. The zero-order valence-electron chi connectivity index (χ0n) is 14.6. The maximum absolute atomic E-state index is 11.8. The highest BCUT2D eigenvalue weighted by molar-refractivity contribution is 6.32. The highest BCUT2D eigenvalue weighted by atomic mass is 35.5. The van der Waals surface area contributed by atoms with Crippen LogP contribution in [0.2, 0.25) is 5.02 Å². The second kappa shape index (κ2) is 8.11. The third-order valence-electron chi connectivity index (χ3n) is 3.98.